The van der Waals surface area contributed by atoms with Gasteiger partial charge in [0.1, 0.15) is 17.1 Å². The van der Waals surface area contributed by atoms with Crippen molar-refractivity contribution in [3.05, 3.63) is 95.6 Å². The lowest BCUT2D eigenvalue weighted by molar-refractivity contribution is -0.159. The van der Waals surface area contributed by atoms with Gasteiger partial charge in [0.25, 0.3) is 0 Å². The van der Waals surface area contributed by atoms with Crippen molar-refractivity contribution in [1.29, 1.82) is 0 Å². The van der Waals surface area contributed by atoms with E-state index in [4.69, 9.17) is 29.3 Å². The van der Waals surface area contributed by atoms with Crippen LogP contribution in [-0.2, 0) is 21.7 Å². The number of rotatable bonds is 7. The summed E-state index contributed by atoms with van der Waals surface area (Å²) in [5.41, 5.74) is 2.08. The number of hydrogen-bond acceptors (Lipinski definition) is 6. The second kappa shape index (κ2) is 12.9. The van der Waals surface area contributed by atoms with Gasteiger partial charge >= 0.3 is 11.9 Å². The van der Waals surface area contributed by atoms with E-state index in [1.807, 2.05) is 72.8 Å². The molecular weight excluding hydrogens is 474 g/mol. The highest BCUT2D eigenvalue weighted by molar-refractivity contribution is 6.27. The van der Waals surface area contributed by atoms with Crippen LogP contribution in [0.2, 0.25) is 0 Å². The van der Waals surface area contributed by atoms with E-state index in [-0.39, 0.29) is 5.92 Å². The zero-order valence-electron chi connectivity index (χ0n) is 21.0. The molecule has 1 aliphatic heterocycles. The first-order valence-electron chi connectivity index (χ1n) is 12.0. The SMILES string of the molecule is COc1ccc(OC)c(CN2CCC(C(O)(c3ccccc3)c3ccccc3)CC2)c1.O=C(O)C(=O)O. The van der Waals surface area contributed by atoms with E-state index in [0.29, 0.717) is 0 Å². The molecule has 0 saturated carbocycles. The van der Waals surface area contributed by atoms with Crippen molar-refractivity contribution >= 4 is 11.9 Å². The van der Waals surface area contributed by atoms with Crippen LogP contribution in [0.15, 0.2) is 78.9 Å². The normalized spacial score (nSPS) is 14.2. The van der Waals surface area contributed by atoms with Crippen LogP contribution in [-0.4, -0.2) is 59.5 Å². The van der Waals surface area contributed by atoms with Crippen molar-refractivity contribution in [2.24, 2.45) is 5.92 Å². The van der Waals surface area contributed by atoms with Crippen LogP contribution in [0.25, 0.3) is 0 Å². The van der Waals surface area contributed by atoms with Crippen molar-refractivity contribution in [1.82, 2.24) is 4.90 Å². The molecule has 196 valence electrons. The minimum atomic E-state index is -1.82. The van der Waals surface area contributed by atoms with Gasteiger partial charge in [0.15, 0.2) is 0 Å². The fourth-order valence-corrected chi connectivity index (χ4v) is 4.78. The van der Waals surface area contributed by atoms with Gasteiger partial charge in [-0.15, -0.1) is 0 Å². The van der Waals surface area contributed by atoms with E-state index < -0.39 is 17.5 Å². The minimum Gasteiger partial charge on any atom is -0.497 e. The molecule has 4 rings (SSSR count). The molecule has 0 spiro atoms. The maximum absolute atomic E-state index is 12.1. The average Bonchev–Trinajstić information content (AvgIpc) is 2.94. The summed E-state index contributed by atoms with van der Waals surface area (Å²) in [7, 11) is 3.39. The maximum Gasteiger partial charge on any atom is 0.414 e. The molecule has 1 heterocycles. The van der Waals surface area contributed by atoms with E-state index in [1.165, 1.54) is 0 Å². The first kappa shape index (κ1) is 27.7. The Balaban J connectivity index is 0.000000568. The van der Waals surface area contributed by atoms with E-state index in [0.717, 1.165) is 60.7 Å². The Morgan fingerprint density at radius 2 is 1.35 bits per heavy atom. The van der Waals surface area contributed by atoms with Gasteiger partial charge in [-0.25, -0.2) is 9.59 Å². The van der Waals surface area contributed by atoms with Crippen LogP contribution in [0.3, 0.4) is 0 Å². The molecule has 0 amide bonds. The van der Waals surface area contributed by atoms with Gasteiger partial charge < -0.3 is 24.8 Å². The third-order valence-electron chi connectivity index (χ3n) is 6.67. The van der Waals surface area contributed by atoms with E-state index in [2.05, 4.69) is 11.0 Å². The Morgan fingerprint density at radius 1 is 0.838 bits per heavy atom. The molecule has 0 bridgehead atoms. The van der Waals surface area contributed by atoms with Gasteiger partial charge in [0.05, 0.1) is 14.2 Å². The summed E-state index contributed by atoms with van der Waals surface area (Å²) in [6.45, 7) is 2.65. The van der Waals surface area contributed by atoms with Crippen LogP contribution in [0, 0.1) is 5.92 Å². The molecule has 0 unspecified atom stereocenters. The van der Waals surface area contributed by atoms with Crippen LogP contribution in [0.1, 0.15) is 29.5 Å². The van der Waals surface area contributed by atoms with Gasteiger partial charge in [-0.2, -0.15) is 0 Å². The number of piperidine rings is 1. The highest BCUT2D eigenvalue weighted by atomic mass is 16.5. The first-order valence-corrected chi connectivity index (χ1v) is 12.0. The summed E-state index contributed by atoms with van der Waals surface area (Å²) in [5, 5.41) is 26.8. The summed E-state index contributed by atoms with van der Waals surface area (Å²) in [4.78, 5) is 20.6. The number of methoxy groups -OCH3 is 2. The fraction of sp³-hybridized carbons (Fsp3) is 0.310. The summed E-state index contributed by atoms with van der Waals surface area (Å²) in [5.74, 6) is -1.77. The van der Waals surface area contributed by atoms with E-state index in [9.17, 15) is 5.11 Å². The van der Waals surface area contributed by atoms with Crippen molar-refractivity contribution in [3.63, 3.8) is 0 Å². The summed E-state index contributed by atoms with van der Waals surface area (Å²) in [6, 6.07) is 26.1. The Bertz CT molecular complexity index is 1110. The molecular formula is C29H33NO7. The number of carboxylic acids is 2. The number of hydrogen-bond donors (Lipinski definition) is 3. The number of carbonyl (C=O) groups is 2. The van der Waals surface area contributed by atoms with E-state index >= 15 is 0 Å². The first-order chi connectivity index (χ1) is 17.8. The quantitative estimate of drug-likeness (QED) is 0.411. The van der Waals surface area contributed by atoms with Crippen molar-refractivity contribution in [2.45, 2.75) is 25.0 Å². The van der Waals surface area contributed by atoms with Crippen LogP contribution < -0.4 is 9.47 Å². The summed E-state index contributed by atoms with van der Waals surface area (Å²) < 4.78 is 11.0. The molecule has 0 aliphatic carbocycles. The van der Waals surface area contributed by atoms with Crippen molar-refractivity contribution in [3.8, 4) is 11.5 Å². The molecule has 3 aromatic rings. The lowest BCUT2D eigenvalue weighted by Crippen LogP contribution is -2.44. The predicted molar refractivity (Wildman–Crippen MR) is 139 cm³/mol. The second-order valence-electron chi connectivity index (χ2n) is 8.84. The zero-order chi connectivity index (χ0) is 26.8. The summed E-state index contributed by atoms with van der Waals surface area (Å²) >= 11 is 0. The molecule has 37 heavy (non-hydrogen) atoms. The number of likely N-dealkylation sites (tertiary alicyclic amines) is 1. The Morgan fingerprint density at radius 3 is 1.78 bits per heavy atom. The lowest BCUT2D eigenvalue weighted by atomic mass is 9.72. The van der Waals surface area contributed by atoms with Gasteiger partial charge in [-0.1, -0.05) is 60.7 Å². The molecule has 0 aromatic heterocycles. The fourth-order valence-electron chi connectivity index (χ4n) is 4.78. The number of carboxylic acid groups (broad SMARTS) is 2. The maximum atomic E-state index is 12.1. The van der Waals surface area contributed by atoms with Gasteiger partial charge in [0.2, 0.25) is 0 Å². The number of ether oxygens (including phenoxy) is 2. The largest absolute Gasteiger partial charge is 0.497 e. The molecule has 1 saturated heterocycles. The number of benzene rings is 3. The molecule has 0 radical (unpaired) electrons. The monoisotopic (exact) mass is 507 g/mol. The lowest BCUT2D eigenvalue weighted by Gasteiger charge is -2.42. The molecule has 8 nitrogen and oxygen atoms in total. The van der Waals surface area contributed by atoms with Crippen LogP contribution in [0.4, 0.5) is 0 Å². The van der Waals surface area contributed by atoms with E-state index in [1.54, 1.807) is 14.2 Å². The smallest absolute Gasteiger partial charge is 0.414 e. The minimum absolute atomic E-state index is 0.153. The standard InChI is InChI=1S/C27H31NO3.C2H2O4/c1-30-25-13-14-26(31-2)21(19-25)20-28-17-15-24(16-18-28)27(29,22-9-5-3-6-10-22)23-11-7-4-8-12-23;3-1(4)2(5)6/h3-14,19,24,29H,15-18,20H2,1-2H3;(H,3,4)(H,5,6). The molecule has 8 heteroatoms. The van der Waals surface area contributed by atoms with Crippen molar-refractivity contribution in [2.75, 3.05) is 27.3 Å². The molecule has 3 aromatic carbocycles. The molecule has 1 fully saturated rings. The topological polar surface area (TPSA) is 117 Å². The van der Waals surface area contributed by atoms with Crippen molar-refractivity contribution < 1.29 is 34.4 Å². The molecule has 0 atom stereocenters. The predicted octanol–water partition coefficient (Wildman–Crippen LogP) is 4.01. The Labute approximate surface area is 216 Å². The third kappa shape index (κ3) is 6.87. The van der Waals surface area contributed by atoms with Gasteiger partial charge in [-0.05, 0) is 61.2 Å². The molecule has 1 aliphatic rings. The Kier molecular flexibility index (Phi) is 9.65. The molecule has 3 N–H and O–H groups in total. The number of aliphatic carboxylic acids is 2. The van der Waals surface area contributed by atoms with Crippen LogP contribution >= 0.6 is 0 Å². The second-order valence-corrected chi connectivity index (χ2v) is 8.84. The number of aliphatic hydroxyl groups is 1. The Hall–Kier alpha value is -3.88. The zero-order valence-corrected chi connectivity index (χ0v) is 21.0. The number of nitrogens with zero attached hydrogens (tertiary/aromatic N) is 1. The van der Waals surface area contributed by atoms with Crippen LogP contribution in [0.5, 0.6) is 11.5 Å². The third-order valence-corrected chi connectivity index (χ3v) is 6.67. The summed E-state index contributed by atoms with van der Waals surface area (Å²) in [6.07, 6.45) is 1.85. The highest BCUT2D eigenvalue weighted by Gasteiger charge is 2.41. The van der Waals surface area contributed by atoms with Gasteiger partial charge in [0, 0.05) is 12.1 Å². The average molecular weight is 508 g/mol. The van der Waals surface area contributed by atoms with Gasteiger partial charge in [-0.3, -0.25) is 4.90 Å². The highest BCUT2D eigenvalue weighted by Crippen LogP contribution is 2.42.